The molecule has 0 unspecified atom stereocenters. The average molecular weight is 227 g/mol. The third kappa shape index (κ3) is 2.54. The third-order valence-electron chi connectivity index (χ3n) is 1.76. The molecule has 5 nitrogen and oxygen atoms in total. The van der Waals surface area contributed by atoms with E-state index in [9.17, 15) is 8.42 Å². The van der Waals surface area contributed by atoms with Gasteiger partial charge in [0, 0.05) is 13.1 Å². The second-order valence-electron chi connectivity index (χ2n) is 2.82. The number of imidazole rings is 1. The number of hydrogen-bond acceptors (Lipinski definition) is 3. The lowest BCUT2D eigenvalue weighted by Gasteiger charge is -2.17. The molecule has 1 aromatic rings. The molecule has 1 rings (SSSR count). The quantitative estimate of drug-likeness (QED) is 0.730. The number of sulfonamides is 1. The summed E-state index contributed by atoms with van der Waals surface area (Å²) in [6.45, 7) is 7.51. The van der Waals surface area contributed by atoms with E-state index in [4.69, 9.17) is 0 Å². The van der Waals surface area contributed by atoms with Crippen molar-refractivity contribution in [1.82, 2.24) is 14.3 Å². The van der Waals surface area contributed by atoms with Crippen molar-refractivity contribution in [3.63, 3.8) is 0 Å². The van der Waals surface area contributed by atoms with Gasteiger partial charge in [-0.1, -0.05) is 12.2 Å². The van der Waals surface area contributed by atoms with Crippen LogP contribution in [0.15, 0.2) is 42.9 Å². The summed E-state index contributed by atoms with van der Waals surface area (Å²) < 4.78 is 25.1. The summed E-state index contributed by atoms with van der Waals surface area (Å²) in [5, 5.41) is 0.0752. The molecule has 0 aromatic carbocycles. The maximum atomic E-state index is 11.9. The fourth-order valence-electron chi connectivity index (χ4n) is 1.08. The van der Waals surface area contributed by atoms with Crippen LogP contribution in [-0.4, -0.2) is 35.8 Å². The van der Waals surface area contributed by atoms with E-state index < -0.39 is 10.0 Å². The number of rotatable bonds is 6. The molecule has 15 heavy (non-hydrogen) atoms. The van der Waals surface area contributed by atoms with Crippen LogP contribution in [0.5, 0.6) is 0 Å². The van der Waals surface area contributed by atoms with Gasteiger partial charge in [-0.15, -0.1) is 13.2 Å². The zero-order valence-electron chi connectivity index (χ0n) is 8.26. The summed E-state index contributed by atoms with van der Waals surface area (Å²) in [7, 11) is -3.51. The zero-order chi connectivity index (χ0) is 11.3. The Morgan fingerprint density at radius 2 is 2.00 bits per heavy atom. The van der Waals surface area contributed by atoms with E-state index in [-0.39, 0.29) is 18.1 Å². The van der Waals surface area contributed by atoms with Crippen LogP contribution >= 0.6 is 0 Å². The molecule has 0 aliphatic rings. The normalized spacial score (nSPS) is 11.5. The van der Waals surface area contributed by atoms with Crippen LogP contribution in [0.1, 0.15) is 0 Å². The average Bonchev–Trinajstić information content (AvgIpc) is 2.70. The maximum Gasteiger partial charge on any atom is 0.260 e. The molecule has 1 heterocycles. The van der Waals surface area contributed by atoms with Gasteiger partial charge in [0.05, 0.1) is 12.5 Å². The molecule has 0 amide bonds. The molecule has 0 saturated carbocycles. The number of aromatic nitrogens is 2. The monoisotopic (exact) mass is 227 g/mol. The van der Waals surface area contributed by atoms with E-state index in [1.165, 1.54) is 29.0 Å². The summed E-state index contributed by atoms with van der Waals surface area (Å²) in [4.78, 5) is 6.24. The van der Waals surface area contributed by atoms with Gasteiger partial charge in [0.2, 0.25) is 0 Å². The zero-order valence-corrected chi connectivity index (χ0v) is 9.07. The van der Waals surface area contributed by atoms with Crippen molar-refractivity contribution in [1.29, 1.82) is 0 Å². The molecule has 0 bridgehead atoms. The Morgan fingerprint density at radius 1 is 1.40 bits per heavy atom. The summed E-state index contributed by atoms with van der Waals surface area (Å²) in [6, 6.07) is 0. The first-order valence-corrected chi connectivity index (χ1v) is 5.77. The van der Waals surface area contributed by atoms with E-state index in [1.807, 2.05) is 0 Å². The fourth-order valence-corrected chi connectivity index (χ4v) is 2.36. The van der Waals surface area contributed by atoms with Crippen molar-refractivity contribution >= 4 is 10.0 Å². The lowest BCUT2D eigenvalue weighted by Crippen LogP contribution is -2.31. The number of H-pyrrole nitrogens is 1. The molecule has 0 aliphatic carbocycles. The van der Waals surface area contributed by atoms with E-state index in [1.54, 1.807) is 0 Å². The molecule has 0 fully saturated rings. The Morgan fingerprint density at radius 3 is 2.40 bits per heavy atom. The van der Waals surface area contributed by atoms with Crippen LogP contribution in [0, 0.1) is 0 Å². The highest BCUT2D eigenvalue weighted by atomic mass is 32.2. The van der Waals surface area contributed by atoms with Crippen LogP contribution in [-0.2, 0) is 10.0 Å². The highest BCUT2D eigenvalue weighted by molar-refractivity contribution is 7.89. The molecule has 0 aliphatic heterocycles. The Kier molecular flexibility index (Phi) is 3.81. The first kappa shape index (κ1) is 11.7. The number of aromatic amines is 1. The minimum Gasteiger partial charge on any atom is -0.335 e. The third-order valence-corrected chi connectivity index (χ3v) is 3.51. The van der Waals surface area contributed by atoms with Crippen molar-refractivity contribution < 1.29 is 8.42 Å². The first-order valence-electron chi connectivity index (χ1n) is 4.33. The summed E-state index contributed by atoms with van der Waals surface area (Å²) >= 11 is 0. The van der Waals surface area contributed by atoms with Gasteiger partial charge in [0.25, 0.3) is 10.0 Å². The smallest absolute Gasteiger partial charge is 0.260 e. The van der Waals surface area contributed by atoms with Crippen LogP contribution in [0.3, 0.4) is 0 Å². The first-order chi connectivity index (χ1) is 7.12. The van der Waals surface area contributed by atoms with Gasteiger partial charge in [-0.2, -0.15) is 4.31 Å². The Labute approximate surface area is 89.2 Å². The van der Waals surface area contributed by atoms with Gasteiger partial charge in [0.1, 0.15) is 0 Å². The minimum absolute atomic E-state index is 0.0752. The molecule has 1 aromatic heterocycles. The number of nitrogens with zero attached hydrogens (tertiary/aromatic N) is 2. The Bertz CT molecular complexity index is 412. The van der Waals surface area contributed by atoms with Crippen LogP contribution in [0.25, 0.3) is 0 Å². The highest BCUT2D eigenvalue weighted by Gasteiger charge is 2.23. The van der Waals surface area contributed by atoms with Gasteiger partial charge in [-0.3, -0.25) is 0 Å². The Balaban J connectivity index is 3.01. The van der Waals surface area contributed by atoms with E-state index in [0.717, 1.165) is 0 Å². The van der Waals surface area contributed by atoms with E-state index in [2.05, 4.69) is 23.1 Å². The predicted octanol–water partition coefficient (Wildman–Crippen LogP) is 0.772. The van der Waals surface area contributed by atoms with Crippen LogP contribution in [0.4, 0.5) is 0 Å². The van der Waals surface area contributed by atoms with Crippen molar-refractivity contribution in [2.75, 3.05) is 13.1 Å². The molecule has 0 atom stereocenters. The van der Waals surface area contributed by atoms with Gasteiger partial charge < -0.3 is 4.98 Å². The van der Waals surface area contributed by atoms with Crippen molar-refractivity contribution in [3.8, 4) is 0 Å². The predicted molar refractivity (Wildman–Crippen MR) is 57.7 cm³/mol. The van der Waals surface area contributed by atoms with Gasteiger partial charge >= 0.3 is 0 Å². The highest BCUT2D eigenvalue weighted by Crippen LogP contribution is 2.11. The lowest BCUT2D eigenvalue weighted by atomic mass is 10.5. The summed E-state index contributed by atoms with van der Waals surface area (Å²) in [6.07, 6.45) is 5.65. The molecule has 6 heteroatoms. The largest absolute Gasteiger partial charge is 0.335 e. The molecular formula is C9H13N3O2S. The van der Waals surface area contributed by atoms with Gasteiger partial charge in [-0.25, -0.2) is 13.4 Å². The lowest BCUT2D eigenvalue weighted by molar-refractivity contribution is 0.471. The Hall–Kier alpha value is -1.40. The van der Waals surface area contributed by atoms with Crippen molar-refractivity contribution in [2.45, 2.75) is 5.03 Å². The van der Waals surface area contributed by atoms with E-state index >= 15 is 0 Å². The summed E-state index contributed by atoms with van der Waals surface area (Å²) in [5.41, 5.74) is 0. The van der Waals surface area contributed by atoms with E-state index in [0.29, 0.717) is 0 Å². The topological polar surface area (TPSA) is 66.1 Å². The second-order valence-corrected chi connectivity index (χ2v) is 4.72. The molecular weight excluding hydrogens is 214 g/mol. The van der Waals surface area contributed by atoms with Crippen molar-refractivity contribution in [3.05, 3.63) is 37.8 Å². The van der Waals surface area contributed by atoms with Crippen LogP contribution in [0.2, 0.25) is 0 Å². The fraction of sp³-hybridized carbons (Fsp3) is 0.222. The standard InChI is InChI=1S/C9H13N3O2S/c1-3-5-12(6-4-2)15(13,14)9-7-10-8-11-9/h3-4,7-8H,1-2,5-6H2,(H,10,11). The maximum absolute atomic E-state index is 11.9. The second kappa shape index (κ2) is 4.90. The molecule has 0 saturated heterocycles. The van der Waals surface area contributed by atoms with Gasteiger partial charge in [-0.05, 0) is 0 Å². The molecule has 0 spiro atoms. The molecule has 82 valence electrons. The van der Waals surface area contributed by atoms with Crippen LogP contribution < -0.4 is 0 Å². The molecule has 1 N–H and O–H groups in total. The number of nitrogens with one attached hydrogen (secondary N) is 1. The van der Waals surface area contributed by atoms with Gasteiger partial charge in [0.15, 0.2) is 5.03 Å². The summed E-state index contributed by atoms with van der Waals surface area (Å²) in [5.74, 6) is 0. The SMILES string of the molecule is C=CCN(CC=C)S(=O)(=O)c1cnc[nH]1. The number of hydrogen-bond donors (Lipinski definition) is 1. The van der Waals surface area contributed by atoms with Crippen molar-refractivity contribution in [2.24, 2.45) is 0 Å². The minimum atomic E-state index is -3.51. The molecule has 0 radical (unpaired) electrons.